The fraction of sp³-hybridized carbons (Fsp3) is 0.133. The predicted octanol–water partition coefficient (Wildman–Crippen LogP) is 2.74. The van der Waals surface area contributed by atoms with E-state index in [2.05, 4.69) is 0 Å². The molecule has 3 rings (SSSR count). The molecule has 18 heavy (non-hydrogen) atoms. The zero-order chi connectivity index (χ0) is 11.7. The molecule has 1 unspecified atom stereocenters. The molecule has 0 bridgehead atoms. The van der Waals surface area contributed by atoms with Gasteiger partial charge in [0, 0.05) is 0 Å². The number of benzene rings is 2. The van der Waals surface area contributed by atoms with Gasteiger partial charge in [-0.25, -0.2) is 0 Å². The summed E-state index contributed by atoms with van der Waals surface area (Å²) in [6.07, 6.45) is 0.264. The Labute approximate surface area is 149 Å². The number of para-hydroxylation sites is 1. The molecule has 1 aliphatic rings. The van der Waals surface area contributed by atoms with E-state index in [1.807, 2.05) is 54.6 Å². The van der Waals surface area contributed by atoms with Gasteiger partial charge in [0.15, 0.2) is 5.78 Å². The molecule has 2 aromatic carbocycles. The van der Waals surface area contributed by atoms with Gasteiger partial charge in [-0.05, 0) is 17.7 Å². The second kappa shape index (κ2) is 6.13. The number of ketones is 1. The van der Waals surface area contributed by atoms with Gasteiger partial charge in [0.1, 0.15) is 11.9 Å². The Balaban J connectivity index is 0.00000120. The molecule has 0 saturated carbocycles. The third kappa shape index (κ3) is 2.76. The third-order valence-corrected chi connectivity index (χ3v) is 3.00. The van der Waals surface area contributed by atoms with Gasteiger partial charge in [-0.15, -0.1) is 0 Å². The summed E-state index contributed by atoms with van der Waals surface area (Å²) < 4.78 is 5.87. The fourth-order valence-electron chi connectivity index (χ4n) is 2.13. The number of rotatable bonds is 1. The van der Waals surface area contributed by atoms with Gasteiger partial charge >= 0.3 is 51.4 Å². The fourth-order valence-corrected chi connectivity index (χ4v) is 2.13. The van der Waals surface area contributed by atoms with Crippen LogP contribution >= 0.6 is 0 Å². The second-order valence-electron chi connectivity index (χ2n) is 4.14. The number of hydrogen-bond acceptors (Lipinski definition) is 2. The Morgan fingerprint density at radius 1 is 0.944 bits per heavy atom. The summed E-state index contributed by atoms with van der Waals surface area (Å²) >= 11 is 0. The van der Waals surface area contributed by atoms with E-state index in [0.717, 1.165) is 5.56 Å². The molecule has 0 radical (unpaired) electrons. The average molecular weight is 264 g/mol. The van der Waals surface area contributed by atoms with Crippen molar-refractivity contribution in [2.45, 2.75) is 12.5 Å². The summed E-state index contributed by atoms with van der Waals surface area (Å²) in [5, 5.41) is 0. The molecule has 1 atom stereocenters. The number of fused-ring (bicyclic) bond motifs is 1. The molecular weight excluding hydrogens is 251 g/mol. The molecular formula is C15H13KO2. The van der Waals surface area contributed by atoms with E-state index in [0.29, 0.717) is 17.7 Å². The van der Waals surface area contributed by atoms with Gasteiger partial charge < -0.3 is 4.74 Å². The number of ether oxygens (including phenoxy) is 1. The van der Waals surface area contributed by atoms with Crippen LogP contribution in [0.2, 0.25) is 0 Å². The molecule has 3 heteroatoms. The van der Waals surface area contributed by atoms with Gasteiger partial charge in [0.2, 0.25) is 0 Å². The van der Waals surface area contributed by atoms with Crippen LogP contribution in [0, 0.1) is 0 Å². The van der Waals surface area contributed by atoms with Crippen molar-refractivity contribution in [2.75, 3.05) is 0 Å². The minimum absolute atomic E-state index is 0. The van der Waals surface area contributed by atoms with Crippen LogP contribution in [0.5, 0.6) is 5.75 Å². The molecule has 0 amide bonds. The van der Waals surface area contributed by atoms with Crippen LogP contribution in [0.4, 0.5) is 0 Å². The molecule has 2 aromatic rings. The number of Topliss-reactive ketones (excluding diaryl/α,β-unsaturated/α-hetero) is 1. The third-order valence-electron chi connectivity index (χ3n) is 3.00. The van der Waals surface area contributed by atoms with E-state index in [1.54, 1.807) is 0 Å². The standard InChI is InChI=1S/C15H12O2.K.H/c16-13-10-15(11-6-2-1-3-7-11)17-14-9-5-4-8-12(13)14;;/h1-9,15H,10H2;;. The van der Waals surface area contributed by atoms with E-state index in [9.17, 15) is 4.79 Å². The zero-order valence-electron chi connectivity index (χ0n) is 9.30. The van der Waals surface area contributed by atoms with Crippen molar-refractivity contribution in [3.8, 4) is 5.75 Å². The maximum atomic E-state index is 12.0. The Hall–Kier alpha value is -0.454. The van der Waals surface area contributed by atoms with Gasteiger partial charge in [-0.2, -0.15) is 0 Å². The molecule has 0 N–H and O–H groups in total. The van der Waals surface area contributed by atoms with Crippen molar-refractivity contribution in [2.24, 2.45) is 0 Å². The van der Waals surface area contributed by atoms with Gasteiger partial charge in [0.05, 0.1) is 12.0 Å². The van der Waals surface area contributed by atoms with Crippen molar-refractivity contribution < 1.29 is 9.53 Å². The first kappa shape index (κ1) is 14.0. The molecule has 0 aromatic heterocycles. The first-order valence-corrected chi connectivity index (χ1v) is 5.68. The van der Waals surface area contributed by atoms with E-state index in [-0.39, 0.29) is 63.3 Å². The van der Waals surface area contributed by atoms with Gasteiger partial charge in [-0.1, -0.05) is 42.5 Å². The van der Waals surface area contributed by atoms with E-state index < -0.39 is 0 Å². The summed E-state index contributed by atoms with van der Waals surface area (Å²) in [5.74, 6) is 0.846. The number of hydrogen-bond donors (Lipinski definition) is 0. The Bertz CT molecular complexity index is 551. The summed E-state index contributed by atoms with van der Waals surface area (Å²) in [5.41, 5.74) is 1.75. The molecule has 0 aliphatic carbocycles. The molecule has 1 aliphatic heterocycles. The van der Waals surface area contributed by atoms with Crippen LogP contribution in [0.1, 0.15) is 28.4 Å². The average Bonchev–Trinajstić information content (AvgIpc) is 2.40. The number of carbonyl (C=O) groups is 1. The predicted molar refractivity (Wildman–Crippen MR) is 72.3 cm³/mol. The van der Waals surface area contributed by atoms with Crippen molar-refractivity contribution in [1.82, 2.24) is 0 Å². The van der Waals surface area contributed by atoms with Crippen LogP contribution in [0.15, 0.2) is 54.6 Å². The van der Waals surface area contributed by atoms with Crippen LogP contribution in [0.25, 0.3) is 0 Å². The Morgan fingerprint density at radius 3 is 2.39 bits per heavy atom. The summed E-state index contributed by atoms with van der Waals surface area (Å²) in [4.78, 5) is 12.0. The van der Waals surface area contributed by atoms with Crippen molar-refractivity contribution >= 4 is 57.2 Å². The van der Waals surface area contributed by atoms with Crippen LogP contribution in [-0.4, -0.2) is 57.2 Å². The minimum atomic E-state index is -0.154. The molecule has 86 valence electrons. The van der Waals surface area contributed by atoms with Crippen LogP contribution in [-0.2, 0) is 0 Å². The van der Waals surface area contributed by atoms with E-state index >= 15 is 0 Å². The zero-order valence-corrected chi connectivity index (χ0v) is 9.30. The normalized spacial score (nSPS) is 17.3. The van der Waals surface area contributed by atoms with Crippen LogP contribution < -0.4 is 4.74 Å². The van der Waals surface area contributed by atoms with Gasteiger partial charge in [0.25, 0.3) is 0 Å². The molecule has 1 heterocycles. The number of carbonyl (C=O) groups excluding carboxylic acids is 1. The SMILES string of the molecule is O=C1CC(c2ccccc2)Oc2ccccc21.[KH]. The monoisotopic (exact) mass is 264 g/mol. The van der Waals surface area contributed by atoms with E-state index in [1.165, 1.54) is 0 Å². The molecule has 0 fully saturated rings. The molecule has 2 nitrogen and oxygen atoms in total. The van der Waals surface area contributed by atoms with Crippen LogP contribution in [0.3, 0.4) is 0 Å². The topological polar surface area (TPSA) is 26.3 Å². The quantitative estimate of drug-likeness (QED) is 0.740. The summed E-state index contributed by atoms with van der Waals surface area (Å²) in [7, 11) is 0. The maximum absolute atomic E-state index is 12.0. The van der Waals surface area contributed by atoms with Crippen molar-refractivity contribution in [3.63, 3.8) is 0 Å². The molecule has 0 spiro atoms. The van der Waals surface area contributed by atoms with Crippen molar-refractivity contribution in [1.29, 1.82) is 0 Å². The molecule has 0 saturated heterocycles. The van der Waals surface area contributed by atoms with Crippen molar-refractivity contribution in [3.05, 3.63) is 65.7 Å². The van der Waals surface area contributed by atoms with Gasteiger partial charge in [-0.3, -0.25) is 4.79 Å². The Kier molecular flexibility index (Phi) is 4.75. The van der Waals surface area contributed by atoms with E-state index in [4.69, 9.17) is 4.74 Å². The first-order chi connectivity index (χ1) is 8.34. The summed E-state index contributed by atoms with van der Waals surface area (Å²) in [6, 6.07) is 17.3. The first-order valence-electron chi connectivity index (χ1n) is 5.68. The summed E-state index contributed by atoms with van der Waals surface area (Å²) in [6.45, 7) is 0. The second-order valence-corrected chi connectivity index (χ2v) is 4.14. The Morgan fingerprint density at radius 2 is 1.61 bits per heavy atom.